The molecule has 3 heterocycles. The Hall–Kier alpha value is -6.89. The summed E-state index contributed by atoms with van der Waals surface area (Å²) in [5.41, 5.74) is -6.14. The Kier molecular flexibility index (Phi) is 15.6. The van der Waals surface area contributed by atoms with Crippen LogP contribution >= 0.6 is 11.6 Å². The summed E-state index contributed by atoms with van der Waals surface area (Å²) in [5.74, 6) is -19.3. The van der Waals surface area contributed by atoms with Crippen LogP contribution in [0, 0.1) is 17.6 Å². The van der Waals surface area contributed by atoms with Gasteiger partial charge in [0.15, 0.2) is 21.3 Å². The Bertz CT molecular complexity index is 3510. The summed E-state index contributed by atoms with van der Waals surface area (Å²) >= 11 is 6.63. The number of rotatable bonds is 19. The number of benzene rings is 2. The molecule has 0 aliphatic heterocycles. The molecule has 32 heteroatoms. The predicted octanol–water partition coefficient (Wildman–Crippen LogP) is 6.60. The first-order valence-corrected chi connectivity index (χ1v) is 27.0. The fourth-order valence-electron chi connectivity index (χ4n) is 9.13. The molecule has 3 aromatic heterocycles. The van der Waals surface area contributed by atoms with Crippen LogP contribution < -0.4 is 14.9 Å². The van der Waals surface area contributed by atoms with Crippen molar-refractivity contribution >= 4 is 77.8 Å². The highest BCUT2D eigenvalue weighted by atomic mass is 35.5. The number of sulfonamides is 1. The minimum absolute atomic E-state index is 0.0342. The highest BCUT2D eigenvalue weighted by Gasteiger charge is 2.68. The Morgan fingerprint density at radius 3 is 2.09 bits per heavy atom. The number of nitrogens with one attached hydrogen (secondary N) is 2. The quantitative estimate of drug-likeness (QED) is 0.0501. The Morgan fingerprint density at radius 2 is 1.53 bits per heavy atom. The van der Waals surface area contributed by atoms with E-state index >= 15 is 8.78 Å². The van der Waals surface area contributed by atoms with Gasteiger partial charge in [-0.2, -0.15) is 49.6 Å². The van der Waals surface area contributed by atoms with Crippen molar-refractivity contribution in [3.8, 4) is 11.1 Å². The van der Waals surface area contributed by atoms with Gasteiger partial charge in [0.05, 0.1) is 38.7 Å². The number of anilines is 1. The molecule has 5 aromatic rings. The number of carboxylic acid groups (broad SMARTS) is 2. The van der Waals surface area contributed by atoms with Crippen LogP contribution in [0.3, 0.4) is 0 Å². The van der Waals surface area contributed by atoms with E-state index in [2.05, 4.69) is 20.5 Å². The molecule has 0 bridgehead atoms. The number of amides is 3. The zero-order valence-electron chi connectivity index (χ0n) is 40.7. The lowest BCUT2D eigenvalue weighted by Crippen LogP contribution is -2.52. The maximum absolute atomic E-state index is 15.6. The Labute approximate surface area is 439 Å². The van der Waals surface area contributed by atoms with E-state index in [0.717, 1.165) is 36.6 Å². The molecule has 19 nitrogen and oxygen atoms in total. The van der Waals surface area contributed by atoms with Crippen LogP contribution in [-0.4, -0.2) is 111 Å². The van der Waals surface area contributed by atoms with Gasteiger partial charge in [-0.15, -0.1) is 0 Å². The van der Waals surface area contributed by atoms with Crippen molar-refractivity contribution in [3.63, 3.8) is 0 Å². The van der Waals surface area contributed by atoms with Crippen LogP contribution in [0.4, 0.5) is 49.7 Å². The maximum Gasteiger partial charge on any atom is 0.435 e. The third kappa shape index (κ3) is 12.2. The van der Waals surface area contributed by atoms with Crippen LogP contribution in [0.1, 0.15) is 85.4 Å². The number of aromatic nitrogens is 5. The number of carboxylic acids is 2. The van der Waals surface area contributed by atoms with Gasteiger partial charge in [0.1, 0.15) is 36.5 Å². The third-order valence-corrected chi connectivity index (χ3v) is 16.6. The van der Waals surface area contributed by atoms with Gasteiger partial charge in [0.2, 0.25) is 15.9 Å². The number of pyridine rings is 1. The van der Waals surface area contributed by atoms with Gasteiger partial charge in [-0.25, -0.2) is 30.4 Å². The van der Waals surface area contributed by atoms with Crippen molar-refractivity contribution in [2.45, 2.75) is 106 Å². The number of fused-ring (bicyclic) bond motifs is 4. The highest BCUT2D eigenvalue weighted by molar-refractivity contribution is 7.93. The first-order chi connectivity index (χ1) is 35.8. The highest BCUT2D eigenvalue weighted by Crippen LogP contribution is 2.68. The molecule has 4 N–H and O–H groups in total. The second-order valence-electron chi connectivity index (χ2n) is 19.3. The number of alkyl halides is 8. The third-order valence-electron chi connectivity index (χ3n) is 13.1. The van der Waals surface area contributed by atoms with E-state index in [-0.39, 0.29) is 49.8 Å². The maximum atomic E-state index is 15.6. The van der Waals surface area contributed by atoms with Crippen molar-refractivity contribution in [1.29, 1.82) is 0 Å². The molecule has 2 aliphatic carbocycles. The standard InChI is InChI=1S/C46H43ClF10N8O11S2/c1-43(2,77(3,73)74)12-11-23-5-6-24(25-7-8-28(47)34-36(25)64(19-44(50,51)52)62-39(34)65(78(4,75)76)41(70)29(9-10-32(67)68)60-40(69)42(71)72)35(58-23)30(15-20-13-21(48)16-22(49)14-20)59-31(66)18-63-38-33(37(61-63)46(55,56)57)26-17-27(26)45(38,53)54/h5-8,13-14,16,26-27,29-30H,9-12,15,17-19H2,1-4H3,(H,59,66)(H,60,69)(H,67,68)(H,71,72)/t26-,27?,29-,30-/m0/s1. The second kappa shape index (κ2) is 20.7. The number of carbonyl (C=O) groups excluding carboxylic acids is 3. The molecule has 0 spiro atoms. The molecule has 4 atom stereocenters. The van der Waals surface area contributed by atoms with Gasteiger partial charge in [0.25, 0.3) is 11.8 Å². The molecule has 3 amide bonds. The van der Waals surface area contributed by atoms with E-state index < -0.39 is 190 Å². The number of sulfone groups is 1. The first-order valence-electron chi connectivity index (χ1n) is 22.9. The van der Waals surface area contributed by atoms with Crippen LogP contribution in [0.5, 0.6) is 0 Å². The average molecular weight is 1170 g/mol. The van der Waals surface area contributed by atoms with E-state index in [9.17, 15) is 86.1 Å². The molecule has 1 saturated carbocycles. The lowest BCUT2D eigenvalue weighted by molar-refractivity contribution is -0.151. The summed E-state index contributed by atoms with van der Waals surface area (Å²) in [4.78, 5) is 68.5. The zero-order chi connectivity index (χ0) is 58.2. The van der Waals surface area contributed by atoms with E-state index in [1.54, 1.807) is 5.32 Å². The monoisotopic (exact) mass is 1170 g/mol. The van der Waals surface area contributed by atoms with Gasteiger partial charge in [-0.3, -0.25) is 33.5 Å². The first kappa shape index (κ1) is 58.8. The summed E-state index contributed by atoms with van der Waals surface area (Å²) in [6.07, 6.45) is -12.8. The van der Waals surface area contributed by atoms with E-state index in [4.69, 9.17) is 11.6 Å². The molecule has 1 fully saturated rings. The summed E-state index contributed by atoms with van der Waals surface area (Å²) < 4.78 is 199. The van der Waals surface area contributed by atoms with Gasteiger partial charge >= 0.3 is 30.2 Å². The number of aryl methyl sites for hydroxylation is 1. The van der Waals surface area contributed by atoms with Gasteiger partial charge in [-0.1, -0.05) is 23.7 Å². The topological polar surface area (TPSA) is 270 Å². The number of aliphatic carboxylic acids is 2. The lowest BCUT2D eigenvalue weighted by atomic mass is 9.93. The van der Waals surface area contributed by atoms with Crippen LogP contribution in [0.25, 0.3) is 22.0 Å². The number of halogens is 11. The summed E-state index contributed by atoms with van der Waals surface area (Å²) in [5, 5.41) is 28.4. The molecular weight excluding hydrogens is 1130 g/mol. The van der Waals surface area contributed by atoms with E-state index in [1.807, 2.05) is 0 Å². The minimum atomic E-state index is -5.28. The van der Waals surface area contributed by atoms with Crippen LogP contribution in [-0.2, 0) is 81.9 Å². The molecule has 0 radical (unpaired) electrons. The predicted molar refractivity (Wildman–Crippen MR) is 253 cm³/mol. The minimum Gasteiger partial charge on any atom is -0.481 e. The van der Waals surface area contributed by atoms with Gasteiger partial charge in [0, 0.05) is 47.0 Å². The SMILES string of the molecule is CC(C)(CCc1ccc(-c2ccc(Cl)c3c(N(C(=O)[C@H](CCC(=O)O)NC(=O)C(=O)O)S(C)(=O)=O)nn(CC(F)(F)F)c23)c([C@H](Cc2cc(F)cc(F)c2)NC(=O)Cn2nc(C(F)(F)F)c3c2C(F)(F)C2C[C@H]32)n1)S(C)(=O)=O. The number of carbonyl (C=O) groups is 5. The average Bonchev–Trinajstić information content (AvgIpc) is 3.35. The second-order valence-corrected chi connectivity index (χ2v) is 24.1. The molecule has 7 rings (SSSR count). The fourth-order valence-corrected chi connectivity index (χ4v) is 10.7. The molecule has 2 aromatic carbocycles. The number of hydrogen-bond acceptors (Lipinski definition) is 12. The molecule has 78 heavy (non-hydrogen) atoms. The van der Waals surface area contributed by atoms with Crippen molar-refractivity contribution < 1.29 is 94.9 Å². The summed E-state index contributed by atoms with van der Waals surface area (Å²) in [7, 11) is -8.99. The summed E-state index contributed by atoms with van der Waals surface area (Å²) in [6.45, 7) is -0.760. The Morgan fingerprint density at radius 1 is 0.897 bits per heavy atom. The number of nitrogens with zero attached hydrogens (tertiary/aromatic N) is 6. The van der Waals surface area contributed by atoms with Gasteiger partial charge in [-0.05, 0) is 81.7 Å². The van der Waals surface area contributed by atoms with Crippen molar-refractivity contribution in [2.75, 3.05) is 16.8 Å². The largest absolute Gasteiger partial charge is 0.481 e. The van der Waals surface area contributed by atoms with Crippen molar-refractivity contribution in [2.24, 2.45) is 5.92 Å². The van der Waals surface area contributed by atoms with Crippen molar-refractivity contribution in [3.05, 3.63) is 93.0 Å². The molecule has 0 saturated heterocycles. The molecule has 422 valence electrons. The Balaban J connectivity index is 1.48. The van der Waals surface area contributed by atoms with E-state index in [0.29, 0.717) is 12.3 Å². The summed E-state index contributed by atoms with van der Waals surface area (Å²) in [6, 6.07) is 2.16. The van der Waals surface area contributed by atoms with E-state index in [1.165, 1.54) is 19.9 Å². The molecule has 1 unspecified atom stereocenters. The van der Waals surface area contributed by atoms with Gasteiger partial charge < -0.3 is 20.8 Å². The number of hydrogen-bond donors (Lipinski definition) is 4. The lowest BCUT2D eigenvalue weighted by Gasteiger charge is -2.25. The van der Waals surface area contributed by atoms with Crippen LogP contribution in [0.2, 0.25) is 5.02 Å². The van der Waals surface area contributed by atoms with Crippen molar-refractivity contribution in [1.82, 2.24) is 35.2 Å². The zero-order valence-corrected chi connectivity index (χ0v) is 43.1. The normalized spacial score (nSPS) is 17.0. The fraction of sp³-hybridized carbons (Fsp3) is 0.435. The van der Waals surface area contributed by atoms with Crippen LogP contribution in [0.15, 0.2) is 42.5 Å². The smallest absolute Gasteiger partial charge is 0.435 e. The molecular formula is C46H43ClF10N8O11S2. The molecule has 2 aliphatic rings.